The minimum absolute atomic E-state index is 0.167. The molecule has 2 heteroatoms. The Labute approximate surface area is 66.0 Å². The van der Waals surface area contributed by atoms with Crippen LogP contribution in [-0.4, -0.2) is 11.1 Å². The second-order valence-electron chi connectivity index (χ2n) is 1.95. The first-order valence-electron chi connectivity index (χ1n) is 3.18. The molecular weight excluding hydrogens is 180 g/mol. The Hall–Kier alpha value is 0.150. The number of ketones is 1. The third-order valence-electron chi connectivity index (χ3n) is 0.487. The van der Waals surface area contributed by atoms with Crippen molar-refractivity contribution in [3.05, 3.63) is 0 Å². The molecule has 0 amide bonds. The highest BCUT2D eigenvalue weighted by Crippen LogP contribution is 1.89. The molecule has 0 N–H and O–H groups in total. The molecule has 0 unspecified atom stereocenters. The molecule has 1 nitrogen and oxygen atoms in total. The number of unbranched alkanes of at least 4 members (excludes halogenated alkanes) is 1. The van der Waals surface area contributed by atoms with Crippen molar-refractivity contribution in [2.75, 3.05) is 5.33 Å². The monoisotopic (exact) mass is 194 g/mol. The summed E-state index contributed by atoms with van der Waals surface area (Å²) in [5, 5.41) is 1.16. The zero-order valence-corrected chi connectivity index (χ0v) is 7.99. The highest BCUT2D eigenvalue weighted by molar-refractivity contribution is 9.09. The Bertz CT molecular complexity index is 55.9. The molecule has 0 atom stereocenters. The van der Waals surface area contributed by atoms with Crippen LogP contribution in [0.15, 0.2) is 0 Å². The first-order chi connectivity index (χ1) is 4.15. The summed E-state index contributed by atoms with van der Waals surface area (Å²) in [7, 11) is 0. The molecule has 0 aromatic rings. The normalized spacial score (nSPS) is 7.56. The van der Waals surface area contributed by atoms with Gasteiger partial charge in [0, 0.05) is 5.33 Å². The fraction of sp³-hybridized carbons (Fsp3) is 0.857. The van der Waals surface area contributed by atoms with E-state index in [9.17, 15) is 4.79 Å². The molecule has 0 aromatic carbocycles. The number of hydrogen-bond donors (Lipinski definition) is 0. The fourth-order valence-corrected chi connectivity index (χ4v) is 0.694. The molecule has 0 aliphatic carbocycles. The van der Waals surface area contributed by atoms with Crippen molar-refractivity contribution in [3.63, 3.8) is 0 Å². The van der Waals surface area contributed by atoms with E-state index in [0.717, 1.165) is 5.33 Å². The summed E-state index contributed by atoms with van der Waals surface area (Å²) in [4.78, 5) is 9.44. The second kappa shape index (κ2) is 11.0. The molecule has 0 saturated heterocycles. The van der Waals surface area contributed by atoms with Crippen LogP contribution in [0.1, 0.15) is 33.6 Å². The van der Waals surface area contributed by atoms with Gasteiger partial charge in [-0.15, -0.1) is 0 Å². The van der Waals surface area contributed by atoms with Gasteiger partial charge in [-0.1, -0.05) is 29.3 Å². The first kappa shape index (κ1) is 11.9. The number of alkyl halides is 1. The van der Waals surface area contributed by atoms with Gasteiger partial charge in [0.15, 0.2) is 0 Å². The van der Waals surface area contributed by atoms with Crippen LogP contribution in [0, 0.1) is 0 Å². The third kappa shape index (κ3) is 66.7. The number of hydrogen-bond acceptors (Lipinski definition) is 1. The summed E-state index contributed by atoms with van der Waals surface area (Å²) >= 11 is 3.31. The van der Waals surface area contributed by atoms with Gasteiger partial charge in [-0.25, -0.2) is 0 Å². The molecule has 0 aromatic heterocycles. The third-order valence-corrected chi connectivity index (χ3v) is 1.05. The Morgan fingerprint density at radius 2 is 1.78 bits per heavy atom. The second-order valence-corrected chi connectivity index (χ2v) is 2.74. The zero-order chi connectivity index (χ0) is 7.70. The number of carbonyl (C=O) groups is 1. The fourth-order valence-electron chi connectivity index (χ4n) is 0.134. The molecular formula is C7H15BrO. The Morgan fingerprint density at radius 1 is 1.44 bits per heavy atom. The van der Waals surface area contributed by atoms with Crippen molar-refractivity contribution >= 4 is 21.7 Å². The first-order valence-corrected chi connectivity index (χ1v) is 4.30. The lowest BCUT2D eigenvalue weighted by molar-refractivity contribution is -0.114. The quantitative estimate of drug-likeness (QED) is 0.619. The molecule has 0 spiro atoms. The number of Topliss-reactive ketones (excluding diaryl/α,β-unsaturated/α-hetero) is 1. The van der Waals surface area contributed by atoms with Crippen molar-refractivity contribution in [3.8, 4) is 0 Å². The smallest absolute Gasteiger partial charge is 0.126 e. The Kier molecular flexibility index (Phi) is 14.6. The van der Waals surface area contributed by atoms with Crippen molar-refractivity contribution in [1.82, 2.24) is 0 Å². The van der Waals surface area contributed by atoms with Gasteiger partial charge in [-0.05, 0) is 20.3 Å². The average molecular weight is 195 g/mol. The highest BCUT2D eigenvalue weighted by Gasteiger charge is 1.69. The van der Waals surface area contributed by atoms with E-state index in [0.29, 0.717) is 0 Å². The van der Waals surface area contributed by atoms with E-state index in [1.165, 1.54) is 26.7 Å². The van der Waals surface area contributed by atoms with Gasteiger partial charge < -0.3 is 4.79 Å². The van der Waals surface area contributed by atoms with E-state index >= 15 is 0 Å². The summed E-state index contributed by atoms with van der Waals surface area (Å²) in [5.41, 5.74) is 0. The van der Waals surface area contributed by atoms with Crippen LogP contribution in [0.5, 0.6) is 0 Å². The molecule has 0 radical (unpaired) electrons. The van der Waals surface area contributed by atoms with Gasteiger partial charge >= 0.3 is 0 Å². The number of rotatable bonds is 2. The van der Waals surface area contributed by atoms with E-state index in [1.807, 2.05) is 0 Å². The molecule has 0 aliphatic heterocycles. The van der Waals surface area contributed by atoms with Gasteiger partial charge in [0.25, 0.3) is 0 Å². The summed E-state index contributed by atoms with van der Waals surface area (Å²) in [6.45, 7) is 5.24. The Balaban J connectivity index is 0. The van der Waals surface area contributed by atoms with Crippen LogP contribution in [0.4, 0.5) is 0 Å². The van der Waals surface area contributed by atoms with Crippen LogP contribution in [0.2, 0.25) is 0 Å². The molecule has 0 bridgehead atoms. The summed E-state index contributed by atoms with van der Waals surface area (Å²) < 4.78 is 0. The van der Waals surface area contributed by atoms with Gasteiger partial charge in [-0.2, -0.15) is 0 Å². The molecule has 0 saturated carbocycles. The molecule has 0 aliphatic rings. The molecule has 0 rings (SSSR count). The van der Waals surface area contributed by atoms with Gasteiger partial charge in [0.2, 0.25) is 0 Å². The van der Waals surface area contributed by atoms with E-state index in [1.54, 1.807) is 0 Å². The maximum Gasteiger partial charge on any atom is 0.126 e. The van der Waals surface area contributed by atoms with Crippen molar-refractivity contribution < 1.29 is 4.79 Å². The van der Waals surface area contributed by atoms with E-state index in [4.69, 9.17) is 0 Å². The van der Waals surface area contributed by atoms with Crippen molar-refractivity contribution in [1.29, 1.82) is 0 Å². The van der Waals surface area contributed by atoms with Crippen molar-refractivity contribution in [2.24, 2.45) is 0 Å². The number of halogens is 1. The van der Waals surface area contributed by atoms with Gasteiger partial charge in [0.1, 0.15) is 5.78 Å². The van der Waals surface area contributed by atoms with E-state index in [-0.39, 0.29) is 5.78 Å². The summed E-state index contributed by atoms with van der Waals surface area (Å²) in [5.74, 6) is 0.167. The molecule has 0 fully saturated rings. The SMILES string of the molecule is CC(C)=O.CCCCBr. The molecule has 9 heavy (non-hydrogen) atoms. The topological polar surface area (TPSA) is 17.1 Å². The zero-order valence-electron chi connectivity index (χ0n) is 6.41. The average Bonchev–Trinajstić information content (AvgIpc) is 1.66. The van der Waals surface area contributed by atoms with Crippen LogP contribution >= 0.6 is 15.9 Å². The maximum absolute atomic E-state index is 9.44. The molecule has 0 heterocycles. The van der Waals surface area contributed by atoms with E-state index in [2.05, 4.69) is 22.9 Å². The minimum Gasteiger partial charge on any atom is -0.300 e. The van der Waals surface area contributed by atoms with Crippen molar-refractivity contribution in [2.45, 2.75) is 33.6 Å². The highest BCUT2D eigenvalue weighted by atomic mass is 79.9. The number of carbonyl (C=O) groups excluding carboxylic acids is 1. The lowest BCUT2D eigenvalue weighted by Gasteiger charge is -1.77. The predicted molar refractivity (Wildman–Crippen MR) is 45.1 cm³/mol. The molecule has 56 valence electrons. The van der Waals surface area contributed by atoms with Crippen LogP contribution in [0.25, 0.3) is 0 Å². The van der Waals surface area contributed by atoms with Crippen LogP contribution in [-0.2, 0) is 4.79 Å². The van der Waals surface area contributed by atoms with Gasteiger partial charge in [-0.3, -0.25) is 0 Å². The predicted octanol–water partition coefficient (Wildman–Crippen LogP) is 2.78. The minimum atomic E-state index is 0.167. The Morgan fingerprint density at radius 3 is 1.78 bits per heavy atom. The standard InChI is InChI=1S/C4H9Br.C3H6O/c1-2-3-4-5;1-3(2)4/h2-4H2,1H3;1-2H3. The van der Waals surface area contributed by atoms with E-state index < -0.39 is 0 Å². The lowest BCUT2D eigenvalue weighted by Crippen LogP contribution is -1.69. The van der Waals surface area contributed by atoms with Crippen LogP contribution < -0.4 is 0 Å². The summed E-state index contributed by atoms with van der Waals surface area (Å²) in [6.07, 6.45) is 2.60. The lowest BCUT2D eigenvalue weighted by atomic mass is 10.4. The summed E-state index contributed by atoms with van der Waals surface area (Å²) in [6, 6.07) is 0. The van der Waals surface area contributed by atoms with Gasteiger partial charge in [0.05, 0.1) is 0 Å². The van der Waals surface area contributed by atoms with Crippen LogP contribution in [0.3, 0.4) is 0 Å². The largest absolute Gasteiger partial charge is 0.300 e. The maximum atomic E-state index is 9.44.